The van der Waals surface area contributed by atoms with Crippen LogP contribution in [-0.2, 0) is 24.8 Å². The van der Waals surface area contributed by atoms with Crippen LogP contribution in [0.25, 0.3) is 0 Å². The molecule has 0 aliphatic carbocycles. The molecule has 1 amide bonds. The van der Waals surface area contributed by atoms with Gasteiger partial charge in [0.2, 0.25) is 5.91 Å². The Morgan fingerprint density at radius 2 is 1.09 bits per heavy atom. The number of carbonyl (C=O) groups excluding carboxylic acids is 1. The number of hydrogen-bond acceptors (Lipinski definition) is 5. The summed E-state index contributed by atoms with van der Waals surface area (Å²) < 4.78 is 55.7. The van der Waals surface area contributed by atoms with Gasteiger partial charge in [-0.3, -0.25) is 14.2 Å². The van der Waals surface area contributed by atoms with Crippen LogP contribution in [0.15, 0.2) is 76.5 Å². The predicted molar refractivity (Wildman–Crippen MR) is 125 cm³/mol. The van der Waals surface area contributed by atoms with Crippen molar-refractivity contribution in [2.24, 2.45) is 0 Å². The zero-order chi connectivity index (χ0) is 23.5. The highest BCUT2D eigenvalue weighted by molar-refractivity contribution is 7.93. The van der Waals surface area contributed by atoms with Gasteiger partial charge in [-0.15, -0.1) is 0 Å². The number of hydrogen-bond donors (Lipinski definition) is 3. The average molecular weight is 474 g/mol. The molecule has 3 aromatic carbocycles. The van der Waals surface area contributed by atoms with E-state index in [0.717, 1.165) is 11.1 Å². The molecule has 0 atom stereocenters. The Balaban J connectivity index is 1.77. The van der Waals surface area contributed by atoms with Gasteiger partial charge in [-0.1, -0.05) is 18.2 Å². The van der Waals surface area contributed by atoms with E-state index >= 15 is 0 Å². The Hall–Kier alpha value is -3.37. The summed E-state index contributed by atoms with van der Waals surface area (Å²) in [5, 5.41) is 2.56. The van der Waals surface area contributed by atoms with E-state index in [1.165, 1.54) is 55.5 Å². The number of anilines is 3. The first-order chi connectivity index (χ1) is 15.0. The molecule has 0 aromatic heterocycles. The van der Waals surface area contributed by atoms with Crippen molar-refractivity contribution in [2.45, 2.75) is 30.6 Å². The second-order valence-electron chi connectivity index (χ2n) is 7.21. The summed E-state index contributed by atoms with van der Waals surface area (Å²) in [4.78, 5) is 11.1. The molecule has 32 heavy (non-hydrogen) atoms. The second-order valence-corrected chi connectivity index (χ2v) is 10.6. The lowest BCUT2D eigenvalue weighted by atomic mass is 10.1. The first-order valence-electron chi connectivity index (χ1n) is 9.57. The van der Waals surface area contributed by atoms with Gasteiger partial charge in [-0.2, -0.15) is 0 Å². The van der Waals surface area contributed by atoms with Gasteiger partial charge in [0.1, 0.15) is 0 Å². The number of sulfonamides is 2. The normalized spacial score (nSPS) is 11.6. The number of nitrogens with one attached hydrogen (secondary N) is 3. The number of aryl methyl sites for hydroxylation is 2. The molecule has 3 N–H and O–H groups in total. The van der Waals surface area contributed by atoms with Gasteiger partial charge >= 0.3 is 0 Å². The SMILES string of the molecule is CC(=O)Nc1ccc(S(=O)(=O)Nc2ccc(S(=O)(=O)Nc3c(C)cccc3C)cc2)cc1. The predicted octanol–water partition coefficient (Wildman–Crippen LogP) is 3.86. The third kappa shape index (κ3) is 5.45. The Morgan fingerprint density at radius 3 is 1.56 bits per heavy atom. The van der Waals surface area contributed by atoms with Crippen LogP contribution in [0.5, 0.6) is 0 Å². The third-order valence-corrected chi connectivity index (χ3v) is 7.38. The van der Waals surface area contributed by atoms with Crippen molar-refractivity contribution < 1.29 is 21.6 Å². The molecule has 0 aliphatic heterocycles. The molecule has 3 rings (SSSR count). The van der Waals surface area contributed by atoms with Gasteiger partial charge in [0.25, 0.3) is 20.0 Å². The van der Waals surface area contributed by atoms with Crippen LogP contribution in [0.2, 0.25) is 0 Å². The fraction of sp³-hybridized carbons (Fsp3) is 0.136. The van der Waals surface area contributed by atoms with Crippen LogP contribution < -0.4 is 14.8 Å². The van der Waals surface area contributed by atoms with Gasteiger partial charge in [0.05, 0.1) is 15.5 Å². The zero-order valence-corrected chi connectivity index (χ0v) is 19.3. The molecule has 3 aromatic rings. The fourth-order valence-corrected chi connectivity index (χ4v) is 5.27. The third-order valence-electron chi connectivity index (χ3n) is 4.62. The van der Waals surface area contributed by atoms with Gasteiger partial charge in [0, 0.05) is 18.3 Å². The van der Waals surface area contributed by atoms with Crippen LogP contribution in [0, 0.1) is 13.8 Å². The highest BCUT2D eigenvalue weighted by atomic mass is 32.2. The smallest absolute Gasteiger partial charge is 0.261 e. The lowest BCUT2D eigenvalue weighted by Gasteiger charge is -2.14. The van der Waals surface area contributed by atoms with Crippen molar-refractivity contribution in [2.75, 3.05) is 14.8 Å². The van der Waals surface area contributed by atoms with Crippen molar-refractivity contribution in [1.82, 2.24) is 0 Å². The summed E-state index contributed by atoms with van der Waals surface area (Å²) in [6.07, 6.45) is 0. The number of benzene rings is 3. The summed E-state index contributed by atoms with van der Waals surface area (Å²) in [7, 11) is -7.74. The number of amides is 1. The van der Waals surface area contributed by atoms with E-state index in [-0.39, 0.29) is 21.4 Å². The van der Waals surface area contributed by atoms with E-state index in [4.69, 9.17) is 0 Å². The zero-order valence-electron chi connectivity index (χ0n) is 17.7. The molecule has 0 bridgehead atoms. The Morgan fingerprint density at radius 1 is 0.656 bits per heavy atom. The maximum absolute atomic E-state index is 12.8. The van der Waals surface area contributed by atoms with Crippen molar-refractivity contribution in [1.29, 1.82) is 0 Å². The topological polar surface area (TPSA) is 121 Å². The molecule has 0 unspecified atom stereocenters. The number of carbonyl (C=O) groups is 1. The summed E-state index contributed by atoms with van der Waals surface area (Å²) in [5.74, 6) is -0.263. The minimum Gasteiger partial charge on any atom is -0.326 e. The molecule has 0 spiro atoms. The Labute approximate surface area is 187 Å². The van der Waals surface area contributed by atoms with Crippen LogP contribution in [0.3, 0.4) is 0 Å². The Kier molecular flexibility index (Phi) is 6.56. The first kappa shape index (κ1) is 23.3. The number of rotatable bonds is 7. The highest BCUT2D eigenvalue weighted by Gasteiger charge is 2.18. The lowest BCUT2D eigenvalue weighted by molar-refractivity contribution is -0.114. The van der Waals surface area contributed by atoms with E-state index in [0.29, 0.717) is 11.4 Å². The van der Waals surface area contributed by atoms with Gasteiger partial charge in [0.15, 0.2) is 0 Å². The summed E-state index contributed by atoms with van der Waals surface area (Å²) >= 11 is 0. The minimum atomic E-state index is -3.89. The fourth-order valence-electron chi connectivity index (χ4n) is 3.01. The number of para-hydroxylation sites is 1. The van der Waals surface area contributed by atoms with Crippen molar-refractivity contribution >= 4 is 43.0 Å². The maximum Gasteiger partial charge on any atom is 0.261 e. The molecule has 168 valence electrons. The van der Waals surface area contributed by atoms with E-state index in [2.05, 4.69) is 14.8 Å². The molecule has 0 fully saturated rings. The molecule has 10 heteroatoms. The summed E-state index contributed by atoms with van der Waals surface area (Å²) in [6.45, 7) is 4.98. The average Bonchev–Trinajstić information content (AvgIpc) is 2.71. The van der Waals surface area contributed by atoms with Crippen molar-refractivity contribution in [3.63, 3.8) is 0 Å². The van der Waals surface area contributed by atoms with E-state index in [9.17, 15) is 21.6 Å². The van der Waals surface area contributed by atoms with Crippen LogP contribution in [-0.4, -0.2) is 22.7 Å². The van der Waals surface area contributed by atoms with Gasteiger partial charge < -0.3 is 5.32 Å². The first-order valence-corrected chi connectivity index (χ1v) is 12.5. The van der Waals surface area contributed by atoms with Crippen LogP contribution >= 0.6 is 0 Å². The molecule has 0 radical (unpaired) electrons. The highest BCUT2D eigenvalue weighted by Crippen LogP contribution is 2.25. The van der Waals surface area contributed by atoms with Crippen LogP contribution in [0.1, 0.15) is 18.1 Å². The monoisotopic (exact) mass is 473 g/mol. The molecular formula is C22H23N3O5S2. The van der Waals surface area contributed by atoms with E-state index in [1.807, 2.05) is 32.0 Å². The van der Waals surface area contributed by atoms with Gasteiger partial charge in [-0.05, 0) is 73.5 Å². The molecule has 0 saturated carbocycles. The van der Waals surface area contributed by atoms with Crippen LogP contribution in [0.4, 0.5) is 17.1 Å². The summed E-state index contributed by atoms with van der Waals surface area (Å²) in [5.41, 5.74) is 2.79. The molecule has 8 nitrogen and oxygen atoms in total. The molecule has 0 heterocycles. The largest absolute Gasteiger partial charge is 0.326 e. The molecule has 0 saturated heterocycles. The molecule has 0 aliphatic rings. The second kappa shape index (κ2) is 9.01. The minimum absolute atomic E-state index is 0.00000483. The van der Waals surface area contributed by atoms with E-state index in [1.54, 1.807) is 0 Å². The standard InChI is InChI=1S/C22H23N3O5S2/c1-15-5-4-6-16(2)22(15)25-32(29,30)21-13-9-19(10-14-21)24-31(27,28)20-11-7-18(8-12-20)23-17(3)26/h4-14,24-25H,1-3H3,(H,23,26). The van der Waals surface area contributed by atoms with E-state index < -0.39 is 20.0 Å². The van der Waals surface area contributed by atoms with Crippen molar-refractivity contribution in [3.05, 3.63) is 77.9 Å². The summed E-state index contributed by atoms with van der Waals surface area (Å²) in [6, 6.07) is 16.6. The quantitative estimate of drug-likeness (QED) is 0.481. The maximum atomic E-state index is 12.8. The van der Waals surface area contributed by atoms with Crippen molar-refractivity contribution in [3.8, 4) is 0 Å². The lowest BCUT2D eigenvalue weighted by Crippen LogP contribution is -2.15. The Bertz CT molecular complexity index is 1330. The van der Waals surface area contributed by atoms with Gasteiger partial charge in [-0.25, -0.2) is 16.8 Å². The molecular weight excluding hydrogens is 450 g/mol.